The molecule has 0 radical (unpaired) electrons. The summed E-state index contributed by atoms with van der Waals surface area (Å²) in [7, 11) is 0. The molecule has 2 aromatic heterocycles. The molecule has 162 valence electrons. The molecule has 0 spiro atoms. The van der Waals surface area contributed by atoms with Crippen LogP contribution in [0.15, 0.2) is 42.9 Å². The van der Waals surface area contributed by atoms with Crippen molar-refractivity contribution in [3.63, 3.8) is 0 Å². The molecule has 1 aliphatic heterocycles. The van der Waals surface area contributed by atoms with Crippen LogP contribution in [0.25, 0.3) is 0 Å². The highest BCUT2D eigenvalue weighted by atomic mass is 35.5. The molecular formula is C21H22ClN6O3-. The number of halogens is 1. The van der Waals surface area contributed by atoms with Crippen molar-refractivity contribution >= 4 is 34.6 Å². The molecule has 0 aliphatic carbocycles. The summed E-state index contributed by atoms with van der Waals surface area (Å²) in [6.07, 6.45) is 3.85. The van der Waals surface area contributed by atoms with Gasteiger partial charge in [-0.3, -0.25) is 5.21 Å². The van der Waals surface area contributed by atoms with Gasteiger partial charge in [0.25, 0.3) is 0 Å². The van der Waals surface area contributed by atoms with Gasteiger partial charge in [-0.1, -0.05) is 17.7 Å². The van der Waals surface area contributed by atoms with Crippen LogP contribution in [0.1, 0.15) is 30.7 Å². The Bertz CT molecular complexity index is 1090. The second kappa shape index (κ2) is 8.27. The van der Waals surface area contributed by atoms with Gasteiger partial charge in [0.1, 0.15) is 18.0 Å². The Balaban J connectivity index is 1.53. The normalized spacial score (nSPS) is 13.7. The second-order valence-electron chi connectivity index (χ2n) is 7.84. The van der Waals surface area contributed by atoms with Gasteiger partial charge in [-0.15, -0.1) is 0 Å². The maximum absolute atomic E-state index is 11.1. The Morgan fingerprint density at radius 1 is 1.19 bits per heavy atom. The quantitative estimate of drug-likeness (QED) is 0.508. The molecule has 0 unspecified atom stereocenters. The molecular weight excluding hydrogens is 420 g/mol. The van der Waals surface area contributed by atoms with Crippen LogP contribution in [0.2, 0.25) is 5.02 Å². The number of benzene rings is 1. The first-order valence-corrected chi connectivity index (χ1v) is 10.1. The number of nitrogens with zero attached hydrogens (tertiary/aromatic N) is 5. The largest absolute Gasteiger partial charge is 0.733 e. The minimum atomic E-state index is -0.951. The number of pyridine rings is 1. The third-order valence-corrected chi connectivity index (χ3v) is 5.53. The van der Waals surface area contributed by atoms with Gasteiger partial charge in [-0.2, -0.15) is 0 Å². The van der Waals surface area contributed by atoms with Crippen molar-refractivity contribution in [1.82, 2.24) is 15.0 Å². The van der Waals surface area contributed by atoms with E-state index in [1.807, 2.05) is 6.07 Å². The van der Waals surface area contributed by atoms with Gasteiger partial charge in [-0.05, 0) is 44.5 Å². The number of nitrogens with one attached hydrogen (secondary N) is 1. The molecule has 31 heavy (non-hydrogen) atoms. The van der Waals surface area contributed by atoms with Crippen LogP contribution in [0.4, 0.5) is 23.0 Å². The Labute approximate surface area is 184 Å². The lowest BCUT2D eigenvalue weighted by Crippen LogP contribution is -2.31. The van der Waals surface area contributed by atoms with Crippen LogP contribution >= 0.6 is 11.6 Å². The maximum atomic E-state index is 11.1. The maximum Gasteiger partial charge on any atom is 0.138 e. The zero-order chi connectivity index (χ0) is 22.2. The highest BCUT2D eigenvalue weighted by Crippen LogP contribution is 2.33. The van der Waals surface area contributed by atoms with Gasteiger partial charge in [0.15, 0.2) is 0 Å². The van der Waals surface area contributed by atoms with E-state index in [1.165, 1.54) is 12.4 Å². The van der Waals surface area contributed by atoms with E-state index in [4.69, 9.17) is 16.8 Å². The average molecular weight is 442 g/mol. The first kappa shape index (κ1) is 21.3. The summed E-state index contributed by atoms with van der Waals surface area (Å²) in [5, 5.41) is 33.4. The Morgan fingerprint density at radius 2 is 2.00 bits per heavy atom. The highest BCUT2D eigenvalue weighted by Gasteiger charge is 2.22. The van der Waals surface area contributed by atoms with Crippen LogP contribution in [0.3, 0.4) is 0 Å². The van der Waals surface area contributed by atoms with E-state index < -0.39 is 5.60 Å². The summed E-state index contributed by atoms with van der Waals surface area (Å²) in [6.45, 7) is 4.68. The van der Waals surface area contributed by atoms with Crippen molar-refractivity contribution in [2.75, 3.05) is 22.0 Å². The Morgan fingerprint density at radius 3 is 2.65 bits per heavy atom. The fourth-order valence-electron chi connectivity index (χ4n) is 3.48. The highest BCUT2D eigenvalue weighted by molar-refractivity contribution is 6.33. The number of rotatable bonds is 5. The van der Waals surface area contributed by atoms with Gasteiger partial charge in [0, 0.05) is 29.6 Å². The van der Waals surface area contributed by atoms with E-state index >= 15 is 0 Å². The molecule has 0 saturated carbocycles. The first-order chi connectivity index (χ1) is 14.7. The fraction of sp³-hybridized carbons (Fsp3) is 0.286. The minimum Gasteiger partial charge on any atom is -0.733 e. The number of hydrogen-bond donors (Lipinski definition) is 3. The summed E-state index contributed by atoms with van der Waals surface area (Å²) < 4.78 is 0. The molecule has 0 atom stereocenters. The number of aromatic nitrogens is 3. The van der Waals surface area contributed by atoms with E-state index in [0.717, 1.165) is 22.5 Å². The van der Waals surface area contributed by atoms with Gasteiger partial charge < -0.3 is 25.8 Å². The monoisotopic (exact) mass is 441 g/mol. The van der Waals surface area contributed by atoms with Crippen LogP contribution in [0.5, 0.6) is 0 Å². The van der Waals surface area contributed by atoms with Crippen LogP contribution < -0.4 is 15.4 Å². The Hall–Kier alpha value is -2.98. The van der Waals surface area contributed by atoms with E-state index in [0.29, 0.717) is 31.1 Å². The van der Waals surface area contributed by atoms with E-state index in [2.05, 4.69) is 25.2 Å². The van der Waals surface area contributed by atoms with E-state index in [-0.39, 0.29) is 15.9 Å². The lowest BCUT2D eigenvalue weighted by molar-refractivity contribution is 0.0782. The summed E-state index contributed by atoms with van der Waals surface area (Å²) in [6, 6.07) is 8.50. The molecule has 3 N–H and O–H groups in total. The molecule has 3 aromatic rings. The van der Waals surface area contributed by atoms with Crippen LogP contribution in [-0.4, -0.2) is 31.8 Å². The lowest BCUT2D eigenvalue weighted by Gasteiger charge is -2.31. The topological polar surface area (TPSA) is 121 Å². The number of anilines is 4. The summed E-state index contributed by atoms with van der Waals surface area (Å²) in [5.74, 6) is 1.33. The Kier molecular flexibility index (Phi) is 5.67. The van der Waals surface area contributed by atoms with Gasteiger partial charge in [0.2, 0.25) is 0 Å². The number of hydrogen-bond acceptors (Lipinski definition) is 9. The van der Waals surface area contributed by atoms with E-state index in [9.17, 15) is 10.3 Å². The van der Waals surface area contributed by atoms with Gasteiger partial charge >= 0.3 is 0 Å². The zero-order valence-corrected chi connectivity index (χ0v) is 17.8. The zero-order valence-electron chi connectivity index (χ0n) is 17.1. The predicted molar refractivity (Wildman–Crippen MR) is 119 cm³/mol. The van der Waals surface area contributed by atoms with E-state index in [1.54, 1.807) is 38.2 Å². The van der Waals surface area contributed by atoms with Crippen molar-refractivity contribution in [1.29, 1.82) is 0 Å². The minimum absolute atomic E-state index is 0.000239. The summed E-state index contributed by atoms with van der Waals surface area (Å²) >= 11 is 6.11. The average Bonchev–Trinajstić information content (AvgIpc) is 2.73. The molecule has 3 heterocycles. The fourth-order valence-corrected chi connectivity index (χ4v) is 3.73. The summed E-state index contributed by atoms with van der Waals surface area (Å²) in [4.78, 5) is 15.3. The standard InChI is InChI=1S/C21H22ClN6O3/c1-21(2,29)13-3-6-19(23-10-13)26-20-15-7-8-27(11-17(15)24-12-25-20)14-4-5-18(28(30)31)16(22)9-14/h3-6,9-10,12,29-30H,7-8,11H2,1-2H3,(H,23,24,25,26)/q-1. The number of aliphatic hydroxyl groups is 1. The SMILES string of the molecule is CC(C)(O)c1ccc(Nc2ncnc3c2CCN(c2ccc(N([O-])O)c(Cl)c2)C3)nc1. The molecule has 10 heteroatoms. The molecule has 0 fully saturated rings. The van der Waals surface area contributed by atoms with Crippen molar-refractivity contribution < 1.29 is 10.3 Å². The summed E-state index contributed by atoms with van der Waals surface area (Å²) in [5.41, 5.74) is 2.50. The molecule has 0 amide bonds. The second-order valence-corrected chi connectivity index (χ2v) is 8.25. The molecule has 9 nitrogen and oxygen atoms in total. The number of fused-ring (bicyclic) bond motifs is 1. The van der Waals surface area contributed by atoms with Crippen LogP contribution in [-0.2, 0) is 18.6 Å². The molecule has 4 rings (SSSR count). The van der Waals surface area contributed by atoms with Crippen molar-refractivity contribution in [3.05, 3.63) is 69.9 Å². The third kappa shape index (κ3) is 4.54. The van der Waals surface area contributed by atoms with Gasteiger partial charge in [0.05, 0.1) is 28.5 Å². The molecule has 1 aliphatic rings. The van der Waals surface area contributed by atoms with Crippen molar-refractivity contribution in [2.45, 2.75) is 32.4 Å². The van der Waals surface area contributed by atoms with Crippen LogP contribution in [0, 0.1) is 5.21 Å². The third-order valence-electron chi connectivity index (χ3n) is 5.23. The molecule has 0 saturated heterocycles. The van der Waals surface area contributed by atoms with Crippen molar-refractivity contribution in [2.24, 2.45) is 0 Å². The molecule has 0 bridgehead atoms. The molecule has 1 aromatic carbocycles. The smallest absolute Gasteiger partial charge is 0.138 e. The van der Waals surface area contributed by atoms with Gasteiger partial charge in [-0.25, -0.2) is 15.0 Å². The first-order valence-electron chi connectivity index (χ1n) is 9.71. The predicted octanol–water partition coefficient (Wildman–Crippen LogP) is 3.75. The lowest BCUT2D eigenvalue weighted by atomic mass is 10.0. The van der Waals surface area contributed by atoms with Crippen molar-refractivity contribution in [3.8, 4) is 0 Å².